The molecule has 3 aromatic rings. The molecular weight excluding hydrogens is 391 g/mol. The lowest BCUT2D eigenvalue weighted by atomic mass is 10.0. The van der Waals surface area contributed by atoms with E-state index in [4.69, 9.17) is 12.2 Å². The third kappa shape index (κ3) is 3.44. The number of halogens is 2. The Balaban J connectivity index is 1.82. The van der Waals surface area contributed by atoms with Crippen LogP contribution >= 0.6 is 28.1 Å². The lowest BCUT2D eigenvalue weighted by Crippen LogP contribution is -2.34. The van der Waals surface area contributed by atoms with Crippen LogP contribution in [0.5, 0.6) is 0 Å². The summed E-state index contributed by atoms with van der Waals surface area (Å²) in [6.45, 7) is 0. The van der Waals surface area contributed by atoms with Gasteiger partial charge in [-0.1, -0.05) is 52.3 Å². The minimum absolute atomic E-state index is 0.0390. The first-order chi connectivity index (χ1) is 11.6. The Morgan fingerprint density at radius 3 is 2.46 bits per heavy atom. The molecule has 3 nitrogen and oxygen atoms in total. The molecule has 0 aromatic heterocycles. The number of nitrogens with one attached hydrogen (secondary N) is 2. The van der Waals surface area contributed by atoms with Crippen LogP contribution in [0.3, 0.4) is 0 Å². The quantitative estimate of drug-likeness (QED) is 0.600. The molecule has 0 bridgehead atoms. The second-order valence-corrected chi connectivity index (χ2v) is 6.29. The van der Waals surface area contributed by atoms with Crippen LogP contribution < -0.4 is 10.6 Å². The monoisotopic (exact) mass is 402 g/mol. The molecule has 0 unspecified atom stereocenters. The summed E-state index contributed by atoms with van der Waals surface area (Å²) >= 11 is 8.57. The van der Waals surface area contributed by atoms with Gasteiger partial charge in [0.1, 0.15) is 5.82 Å². The zero-order valence-electron chi connectivity index (χ0n) is 12.3. The van der Waals surface area contributed by atoms with Crippen molar-refractivity contribution in [3.8, 4) is 0 Å². The molecule has 0 fully saturated rings. The SMILES string of the molecule is O=C(NC(=S)Nc1ccccc1F)c1cccc2c(Br)cccc12. The number of carbonyl (C=O) groups excluding carboxylic acids is 1. The number of para-hydroxylation sites is 1. The maximum absolute atomic E-state index is 13.6. The molecule has 0 radical (unpaired) electrons. The van der Waals surface area contributed by atoms with Crippen LogP contribution in [-0.2, 0) is 0 Å². The smallest absolute Gasteiger partial charge is 0.258 e. The Morgan fingerprint density at radius 1 is 0.958 bits per heavy atom. The van der Waals surface area contributed by atoms with E-state index < -0.39 is 5.82 Å². The van der Waals surface area contributed by atoms with Crippen molar-refractivity contribution in [2.45, 2.75) is 0 Å². The van der Waals surface area contributed by atoms with E-state index >= 15 is 0 Å². The minimum atomic E-state index is -0.441. The molecule has 24 heavy (non-hydrogen) atoms. The number of thiocarbonyl (C=S) groups is 1. The van der Waals surface area contributed by atoms with Gasteiger partial charge in [-0.2, -0.15) is 0 Å². The van der Waals surface area contributed by atoms with E-state index in [1.54, 1.807) is 30.3 Å². The lowest BCUT2D eigenvalue weighted by Gasteiger charge is -2.12. The van der Waals surface area contributed by atoms with Crippen molar-refractivity contribution in [1.29, 1.82) is 0 Å². The van der Waals surface area contributed by atoms with Gasteiger partial charge in [0.25, 0.3) is 5.91 Å². The highest BCUT2D eigenvalue weighted by Gasteiger charge is 2.13. The zero-order valence-corrected chi connectivity index (χ0v) is 14.7. The third-order valence-electron chi connectivity index (χ3n) is 3.46. The number of hydrogen-bond acceptors (Lipinski definition) is 2. The predicted octanol–water partition coefficient (Wildman–Crippen LogP) is 4.87. The molecule has 0 saturated carbocycles. The molecule has 0 saturated heterocycles. The Labute approximate surface area is 152 Å². The topological polar surface area (TPSA) is 41.1 Å². The van der Waals surface area contributed by atoms with E-state index in [-0.39, 0.29) is 16.7 Å². The summed E-state index contributed by atoms with van der Waals surface area (Å²) in [5.74, 6) is -0.796. The number of hydrogen-bond donors (Lipinski definition) is 2. The van der Waals surface area contributed by atoms with Crippen molar-refractivity contribution in [3.05, 3.63) is 76.5 Å². The van der Waals surface area contributed by atoms with Crippen LogP contribution in [-0.4, -0.2) is 11.0 Å². The number of amides is 1. The van der Waals surface area contributed by atoms with Gasteiger partial charge in [-0.25, -0.2) is 4.39 Å². The summed E-state index contributed by atoms with van der Waals surface area (Å²) in [5, 5.41) is 7.04. The molecule has 0 aliphatic rings. The minimum Gasteiger partial charge on any atom is -0.330 e. The Hall–Kier alpha value is -2.31. The van der Waals surface area contributed by atoms with Gasteiger partial charge in [-0.05, 0) is 47.3 Å². The molecule has 2 N–H and O–H groups in total. The van der Waals surface area contributed by atoms with Crippen molar-refractivity contribution in [1.82, 2.24) is 5.32 Å². The average Bonchev–Trinajstić information content (AvgIpc) is 2.57. The van der Waals surface area contributed by atoms with Gasteiger partial charge in [0.05, 0.1) is 5.69 Å². The zero-order chi connectivity index (χ0) is 17.1. The van der Waals surface area contributed by atoms with Crippen molar-refractivity contribution in [2.24, 2.45) is 0 Å². The van der Waals surface area contributed by atoms with Gasteiger partial charge in [0.15, 0.2) is 5.11 Å². The summed E-state index contributed by atoms with van der Waals surface area (Å²) < 4.78 is 14.5. The number of benzene rings is 3. The second-order valence-electron chi connectivity index (χ2n) is 5.03. The van der Waals surface area contributed by atoms with Crippen molar-refractivity contribution in [2.75, 3.05) is 5.32 Å². The molecule has 3 aromatic carbocycles. The fourth-order valence-electron chi connectivity index (χ4n) is 2.36. The summed E-state index contributed by atoms with van der Waals surface area (Å²) in [6.07, 6.45) is 0. The van der Waals surface area contributed by atoms with Crippen LogP contribution in [0.4, 0.5) is 10.1 Å². The van der Waals surface area contributed by atoms with Crippen molar-refractivity contribution >= 4 is 55.6 Å². The van der Waals surface area contributed by atoms with Crippen molar-refractivity contribution in [3.63, 3.8) is 0 Å². The highest BCUT2D eigenvalue weighted by Crippen LogP contribution is 2.26. The summed E-state index contributed by atoms with van der Waals surface area (Å²) in [6, 6.07) is 17.2. The van der Waals surface area contributed by atoms with Crippen LogP contribution in [0, 0.1) is 5.82 Å². The van der Waals surface area contributed by atoms with E-state index in [2.05, 4.69) is 26.6 Å². The normalized spacial score (nSPS) is 10.4. The van der Waals surface area contributed by atoms with Crippen LogP contribution in [0.1, 0.15) is 10.4 Å². The predicted molar refractivity (Wildman–Crippen MR) is 102 cm³/mol. The van der Waals surface area contributed by atoms with E-state index in [0.29, 0.717) is 5.56 Å². The van der Waals surface area contributed by atoms with Gasteiger partial charge in [-0.3, -0.25) is 10.1 Å². The average molecular weight is 403 g/mol. The maximum atomic E-state index is 13.6. The van der Waals surface area contributed by atoms with Gasteiger partial charge in [0, 0.05) is 10.0 Å². The lowest BCUT2D eigenvalue weighted by molar-refractivity contribution is 0.0979. The van der Waals surface area contributed by atoms with Crippen LogP contribution in [0.15, 0.2) is 65.1 Å². The highest BCUT2D eigenvalue weighted by atomic mass is 79.9. The molecule has 1 amide bonds. The Bertz CT molecular complexity index is 945. The first-order valence-electron chi connectivity index (χ1n) is 7.10. The maximum Gasteiger partial charge on any atom is 0.258 e. The summed E-state index contributed by atoms with van der Waals surface area (Å²) in [7, 11) is 0. The summed E-state index contributed by atoms with van der Waals surface area (Å²) in [4.78, 5) is 12.5. The highest BCUT2D eigenvalue weighted by molar-refractivity contribution is 9.10. The molecule has 0 aliphatic heterocycles. The summed E-state index contributed by atoms with van der Waals surface area (Å²) in [5.41, 5.74) is 0.704. The molecule has 6 heteroatoms. The third-order valence-corrected chi connectivity index (χ3v) is 4.36. The fourth-order valence-corrected chi connectivity index (χ4v) is 3.06. The van der Waals surface area contributed by atoms with E-state index in [0.717, 1.165) is 15.2 Å². The van der Waals surface area contributed by atoms with Gasteiger partial charge in [-0.15, -0.1) is 0 Å². The first-order valence-corrected chi connectivity index (χ1v) is 8.30. The largest absolute Gasteiger partial charge is 0.330 e. The van der Waals surface area contributed by atoms with Gasteiger partial charge < -0.3 is 5.32 Å². The Kier molecular flexibility index (Phi) is 4.87. The van der Waals surface area contributed by atoms with E-state index in [9.17, 15) is 9.18 Å². The number of carbonyl (C=O) groups is 1. The Morgan fingerprint density at radius 2 is 1.67 bits per heavy atom. The van der Waals surface area contributed by atoms with Crippen LogP contribution in [0.2, 0.25) is 0 Å². The second kappa shape index (κ2) is 7.07. The first kappa shape index (κ1) is 16.5. The molecule has 120 valence electrons. The van der Waals surface area contributed by atoms with Gasteiger partial charge >= 0.3 is 0 Å². The number of fused-ring (bicyclic) bond motifs is 1. The molecule has 0 atom stereocenters. The van der Waals surface area contributed by atoms with Crippen molar-refractivity contribution < 1.29 is 9.18 Å². The molecule has 0 aliphatic carbocycles. The van der Waals surface area contributed by atoms with E-state index in [1.807, 2.05) is 24.3 Å². The standard InChI is InChI=1S/C18H12BrFN2OS/c19-14-8-4-5-11-12(14)6-3-7-13(11)17(23)22-18(24)21-16-10-2-1-9-15(16)20/h1-10H,(H2,21,22,23,24). The molecule has 0 spiro atoms. The van der Waals surface area contributed by atoms with Gasteiger partial charge in [0.2, 0.25) is 0 Å². The number of anilines is 1. The number of rotatable bonds is 2. The molecule has 0 heterocycles. The van der Waals surface area contributed by atoms with Crippen LogP contribution in [0.25, 0.3) is 10.8 Å². The molecular formula is C18H12BrFN2OS. The fraction of sp³-hybridized carbons (Fsp3) is 0. The molecule has 3 rings (SSSR count). The van der Waals surface area contributed by atoms with E-state index in [1.165, 1.54) is 6.07 Å².